The van der Waals surface area contributed by atoms with Gasteiger partial charge in [0, 0.05) is 17.9 Å². The van der Waals surface area contributed by atoms with E-state index >= 15 is 0 Å². The van der Waals surface area contributed by atoms with Crippen LogP contribution in [0, 0.1) is 5.92 Å². The van der Waals surface area contributed by atoms with E-state index in [4.69, 9.17) is 9.72 Å². The normalized spacial score (nSPS) is 19.7. The summed E-state index contributed by atoms with van der Waals surface area (Å²) in [4.78, 5) is 9.17. The molecule has 1 aromatic rings. The number of nitrogens with zero attached hydrogens (tertiary/aromatic N) is 2. The third-order valence-electron chi connectivity index (χ3n) is 3.67. The summed E-state index contributed by atoms with van der Waals surface area (Å²) in [6, 6.07) is 1.95. The second-order valence-electron chi connectivity index (χ2n) is 6.36. The second-order valence-corrected chi connectivity index (χ2v) is 6.36. The summed E-state index contributed by atoms with van der Waals surface area (Å²) >= 11 is 0. The van der Waals surface area contributed by atoms with Crippen LogP contribution in [0.3, 0.4) is 0 Å². The van der Waals surface area contributed by atoms with Gasteiger partial charge in [-0.05, 0) is 31.8 Å². The molecule has 106 valence electrons. The van der Waals surface area contributed by atoms with E-state index in [2.05, 4.69) is 31.1 Å². The molecule has 1 fully saturated rings. The molecular formula is C15H25N3O. The first-order valence-electron chi connectivity index (χ1n) is 7.12. The summed E-state index contributed by atoms with van der Waals surface area (Å²) < 4.78 is 5.30. The Morgan fingerprint density at radius 1 is 1.37 bits per heavy atom. The molecule has 1 aromatic heterocycles. The maximum absolute atomic E-state index is 5.30. The number of rotatable bonds is 4. The van der Waals surface area contributed by atoms with Gasteiger partial charge in [0.2, 0.25) is 5.88 Å². The molecule has 0 aromatic carbocycles. The van der Waals surface area contributed by atoms with Gasteiger partial charge in [-0.15, -0.1) is 0 Å². The van der Waals surface area contributed by atoms with Gasteiger partial charge in [-0.25, -0.2) is 4.98 Å². The van der Waals surface area contributed by atoms with Crippen LogP contribution in [-0.4, -0.2) is 30.2 Å². The zero-order chi connectivity index (χ0) is 13.9. The minimum Gasteiger partial charge on any atom is -0.481 e. The fraction of sp³-hybridized carbons (Fsp3) is 0.733. The number of aromatic nitrogens is 2. The zero-order valence-electron chi connectivity index (χ0n) is 12.5. The lowest BCUT2D eigenvalue weighted by Gasteiger charge is -2.19. The van der Waals surface area contributed by atoms with Crippen molar-refractivity contribution >= 4 is 0 Å². The summed E-state index contributed by atoms with van der Waals surface area (Å²) in [5, 5.41) is 3.40. The van der Waals surface area contributed by atoms with E-state index in [-0.39, 0.29) is 5.41 Å². The largest absolute Gasteiger partial charge is 0.481 e. The highest BCUT2D eigenvalue weighted by Crippen LogP contribution is 2.24. The van der Waals surface area contributed by atoms with Crippen molar-refractivity contribution in [2.75, 3.05) is 20.2 Å². The molecule has 1 unspecified atom stereocenters. The third kappa shape index (κ3) is 3.90. The van der Waals surface area contributed by atoms with E-state index in [0.29, 0.717) is 5.88 Å². The van der Waals surface area contributed by atoms with Crippen LogP contribution in [0.25, 0.3) is 0 Å². The molecule has 2 heterocycles. The number of hydrogen-bond donors (Lipinski definition) is 1. The molecule has 4 heteroatoms. The average Bonchev–Trinajstić information content (AvgIpc) is 2.88. The van der Waals surface area contributed by atoms with Crippen LogP contribution in [0.15, 0.2) is 6.07 Å². The second kappa shape index (κ2) is 5.87. The monoisotopic (exact) mass is 263 g/mol. The van der Waals surface area contributed by atoms with Gasteiger partial charge in [0.25, 0.3) is 0 Å². The molecular weight excluding hydrogens is 238 g/mol. The number of aryl methyl sites for hydroxylation is 1. The van der Waals surface area contributed by atoms with Crippen LogP contribution >= 0.6 is 0 Å². The Bertz CT molecular complexity index is 420. The molecule has 1 atom stereocenters. The molecule has 0 aliphatic carbocycles. The van der Waals surface area contributed by atoms with E-state index in [1.165, 1.54) is 6.42 Å². The van der Waals surface area contributed by atoms with E-state index in [9.17, 15) is 0 Å². The highest BCUT2D eigenvalue weighted by atomic mass is 16.5. The fourth-order valence-electron chi connectivity index (χ4n) is 2.37. The van der Waals surface area contributed by atoms with Crippen molar-refractivity contribution < 1.29 is 4.74 Å². The maximum Gasteiger partial charge on any atom is 0.216 e. The van der Waals surface area contributed by atoms with Crippen LogP contribution in [0.5, 0.6) is 5.88 Å². The lowest BCUT2D eigenvalue weighted by molar-refractivity contribution is 0.389. The number of ether oxygens (including phenoxy) is 1. The molecule has 1 N–H and O–H groups in total. The van der Waals surface area contributed by atoms with E-state index in [1.807, 2.05) is 6.07 Å². The minimum atomic E-state index is 0.0277. The molecule has 0 saturated carbocycles. The molecule has 2 rings (SSSR count). The first-order chi connectivity index (χ1) is 8.99. The summed E-state index contributed by atoms with van der Waals surface area (Å²) in [6.45, 7) is 8.78. The van der Waals surface area contributed by atoms with Crippen molar-refractivity contribution in [2.45, 2.75) is 45.4 Å². The molecule has 1 aliphatic heterocycles. The number of nitrogens with one attached hydrogen (secondary N) is 1. The molecule has 0 spiro atoms. The predicted molar refractivity (Wildman–Crippen MR) is 76.6 cm³/mol. The quantitative estimate of drug-likeness (QED) is 0.905. The van der Waals surface area contributed by atoms with Gasteiger partial charge in [-0.1, -0.05) is 20.8 Å². The Balaban J connectivity index is 2.10. The van der Waals surface area contributed by atoms with Gasteiger partial charge in [0.1, 0.15) is 5.82 Å². The SMILES string of the molecule is COc1cc(C(C)(C)C)nc(CCC2CCNC2)n1. The summed E-state index contributed by atoms with van der Waals surface area (Å²) in [6.07, 6.45) is 3.37. The third-order valence-corrected chi connectivity index (χ3v) is 3.67. The molecule has 0 radical (unpaired) electrons. The van der Waals surface area contributed by atoms with Gasteiger partial charge in [0.05, 0.1) is 12.8 Å². The van der Waals surface area contributed by atoms with Crippen LogP contribution in [0.1, 0.15) is 45.1 Å². The maximum atomic E-state index is 5.30. The molecule has 1 saturated heterocycles. The standard InChI is InChI=1S/C15H25N3O/c1-15(2,3)12-9-14(19-4)18-13(17-12)6-5-11-7-8-16-10-11/h9,11,16H,5-8,10H2,1-4H3. The summed E-state index contributed by atoms with van der Waals surface area (Å²) in [5.74, 6) is 2.36. The van der Waals surface area contributed by atoms with Gasteiger partial charge in [-0.3, -0.25) is 0 Å². The zero-order valence-corrected chi connectivity index (χ0v) is 12.5. The van der Waals surface area contributed by atoms with Gasteiger partial charge in [-0.2, -0.15) is 4.98 Å². The van der Waals surface area contributed by atoms with E-state index in [1.54, 1.807) is 7.11 Å². The Hall–Kier alpha value is -1.16. The molecule has 19 heavy (non-hydrogen) atoms. The van der Waals surface area contributed by atoms with Gasteiger partial charge >= 0.3 is 0 Å². The lowest BCUT2D eigenvalue weighted by Crippen LogP contribution is -2.16. The highest BCUT2D eigenvalue weighted by Gasteiger charge is 2.19. The summed E-state index contributed by atoms with van der Waals surface area (Å²) in [5.41, 5.74) is 1.08. The van der Waals surface area contributed by atoms with E-state index < -0.39 is 0 Å². The van der Waals surface area contributed by atoms with Gasteiger partial charge in [0.15, 0.2) is 0 Å². The van der Waals surface area contributed by atoms with Crippen LogP contribution in [-0.2, 0) is 11.8 Å². The van der Waals surface area contributed by atoms with Crippen molar-refractivity contribution in [3.05, 3.63) is 17.6 Å². The lowest BCUT2D eigenvalue weighted by atomic mass is 9.92. The topological polar surface area (TPSA) is 47.0 Å². The number of methoxy groups -OCH3 is 1. The van der Waals surface area contributed by atoms with E-state index in [0.717, 1.165) is 43.4 Å². The number of hydrogen-bond acceptors (Lipinski definition) is 4. The molecule has 0 amide bonds. The Morgan fingerprint density at radius 2 is 2.16 bits per heavy atom. The highest BCUT2D eigenvalue weighted by molar-refractivity contribution is 5.22. The van der Waals surface area contributed by atoms with Crippen LogP contribution in [0.2, 0.25) is 0 Å². The Morgan fingerprint density at radius 3 is 2.74 bits per heavy atom. The molecule has 0 bridgehead atoms. The predicted octanol–water partition coefficient (Wildman–Crippen LogP) is 2.32. The summed E-state index contributed by atoms with van der Waals surface area (Å²) in [7, 11) is 1.67. The molecule has 4 nitrogen and oxygen atoms in total. The first-order valence-corrected chi connectivity index (χ1v) is 7.12. The average molecular weight is 263 g/mol. The first kappa shape index (κ1) is 14.3. The van der Waals surface area contributed by atoms with Gasteiger partial charge < -0.3 is 10.1 Å². The van der Waals surface area contributed by atoms with Crippen molar-refractivity contribution in [1.29, 1.82) is 0 Å². The van der Waals surface area contributed by atoms with Crippen LogP contribution < -0.4 is 10.1 Å². The van der Waals surface area contributed by atoms with Crippen molar-refractivity contribution in [2.24, 2.45) is 5.92 Å². The van der Waals surface area contributed by atoms with Crippen LogP contribution in [0.4, 0.5) is 0 Å². The van der Waals surface area contributed by atoms with Crippen molar-refractivity contribution in [3.63, 3.8) is 0 Å². The molecule has 1 aliphatic rings. The minimum absolute atomic E-state index is 0.0277. The van der Waals surface area contributed by atoms with Crippen molar-refractivity contribution in [1.82, 2.24) is 15.3 Å². The smallest absolute Gasteiger partial charge is 0.216 e. The Labute approximate surface area is 116 Å². The van der Waals surface area contributed by atoms with Crippen molar-refractivity contribution in [3.8, 4) is 5.88 Å². The fourth-order valence-corrected chi connectivity index (χ4v) is 2.37. The Kier molecular flexibility index (Phi) is 4.40.